The van der Waals surface area contributed by atoms with E-state index in [0.29, 0.717) is 5.92 Å². The second-order valence-electron chi connectivity index (χ2n) is 5.64. The van der Waals surface area contributed by atoms with Crippen LogP contribution in [0.3, 0.4) is 0 Å². The third kappa shape index (κ3) is 4.62. The summed E-state index contributed by atoms with van der Waals surface area (Å²) in [6.07, 6.45) is 2.48. The molecule has 1 saturated heterocycles. The smallest absolute Gasteiger partial charge is 0.122 e. The van der Waals surface area contributed by atoms with E-state index in [4.69, 9.17) is 10.5 Å². The van der Waals surface area contributed by atoms with Gasteiger partial charge >= 0.3 is 0 Å². The Morgan fingerprint density at radius 3 is 2.90 bits per heavy atom. The first-order valence-electron chi connectivity index (χ1n) is 7.08. The van der Waals surface area contributed by atoms with Gasteiger partial charge in [0.2, 0.25) is 0 Å². The maximum atomic E-state index is 6.03. The highest BCUT2D eigenvalue weighted by molar-refractivity contribution is 5.85. The lowest BCUT2D eigenvalue weighted by Crippen LogP contribution is -2.42. The van der Waals surface area contributed by atoms with E-state index in [9.17, 15) is 0 Å². The summed E-state index contributed by atoms with van der Waals surface area (Å²) in [7, 11) is 1.70. The van der Waals surface area contributed by atoms with Crippen LogP contribution in [0.1, 0.15) is 31.2 Å². The molecular weight excluding hydrogens is 274 g/mol. The van der Waals surface area contributed by atoms with Crippen molar-refractivity contribution in [2.45, 2.75) is 39.3 Å². The zero-order valence-corrected chi connectivity index (χ0v) is 13.4. The van der Waals surface area contributed by atoms with Gasteiger partial charge in [0.25, 0.3) is 0 Å². The fourth-order valence-corrected chi connectivity index (χ4v) is 2.79. The molecule has 114 valence electrons. The fourth-order valence-electron chi connectivity index (χ4n) is 2.79. The number of nitrogens with two attached hydrogens (primary N) is 1. The number of aromatic nitrogens is 1. The predicted octanol–water partition coefficient (Wildman–Crippen LogP) is 2.38. The Bertz CT molecular complexity index is 426. The molecule has 0 amide bonds. The number of likely N-dealkylation sites (tertiary alicyclic amines) is 1. The molecular formula is C15H26ClN3O. The van der Waals surface area contributed by atoms with Gasteiger partial charge in [0.15, 0.2) is 0 Å². The molecule has 2 unspecified atom stereocenters. The van der Waals surface area contributed by atoms with E-state index in [0.717, 1.165) is 36.8 Å². The molecule has 1 aliphatic heterocycles. The minimum Gasteiger partial charge on any atom is -0.497 e. The molecule has 5 heteroatoms. The molecule has 2 atom stereocenters. The molecule has 2 heterocycles. The van der Waals surface area contributed by atoms with E-state index < -0.39 is 0 Å². The van der Waals surface area contributed by atoms with Crippen LogP contribution in [0.4, 0.5) is 0 Å². The molecule has 0 bridgehead atoms. The van der Waals surface area contributed by atoms with Crippen LogP contribution in [0.15, 0.2) is 12.1 Å². The van der Waals surface area contributed by atoms with Gasteiger partial charge in [0.05, 0.1) is 12.8 Å². The number of hydrogen-bond donors (Lipinski definition) is 1. The van der Waals surface area contributed by atoms with Crippen LogP contribution in [0, 0.1) is 12.8 Å². The van der Waals surface area contributed by atoms with Gasteiger partial charge in [-0.05, 0) is 39.2 Å². The van der Waals surface area contributed by atoms with Crippen LogP contribution < -0.4 is 10.5 Å². The molecule has 2 rings (SSSR count). The van der Waals surface area contributed by atoms with E-state index in [1.165, 1.54) is 12.8 Å². The number of halogens is 1. The van der Waals surface area contributed by atoms with Crippen molar-refractivity contribution in [3.63, 3.8) is 0 Å². The maximum absolute atomic E-state index is 6.03. The van der Waals surface area contributed by atoms with Crippen molar-refractivity contribution in [3.05, 3.63) is 23.5 Å². The number of piperidine rings is 1. The molecule has 1 aromatic heterocycles. The topological polar surface area (TPSA) is 51.4 Å². The van der Waals surface area contributed by atoms with Gasteiger partial charge in [-0.15, -0.1) is 12.4 Å². The van der Waals surface area contributed by atoms with Crippen molar-refractivity contribution in [1.29, 1.82) is 0 Å². The quantitative estimate of drug-likeness (QED) is 0.927. The Kier molecular flexibility index (Phi) is 6.72. The molecule has 0 spiro atoms. The maximum Gasteiger partial charge on any atom is 0.122 e. The number of nitrogens with zero attached hydrogens (tertiary/aromatic N) is 2. The lowest BCUT2D eigenvalue weighted by atomic mass is 9.92. The predicted molar refractivity (Wildman–Crippen MR) is 84.4 cm³/mol. The second-order valence-corrected chi connectivity index (χ2v) is 5.64. The van der Waals surface area contributed by atoms with Gasteiger partial charge in [-0.2, -0.15) is 0 Å². The number of pyridine rings is 1. The number of ether oxygens (including phenoxy) is 1. The third-order valence-electron chi connectivity index (χ3n) is 3.89. The van der Waals surface area contributed by atoms with E-state index in [1.54, 1.807) is 7.11 Å². The van der Waals surface area contributed by atoms with Gasteiger partial charge in [-0.3, -0.25) is 9.88 Å². The zero-order chi connectivity index (χ0) is 13.8. The summed E-state index contributed by atoms with van der Waals surface area (Å²) in [5.41, 5.74) is 8.12. The molecule has 1 fully saturated rings. The number of rotatable bonds is 4. The van der Waals surface area contributed by atoms with Crippen LogP contribution in [-0.2, 0) is 6.54 Å². The average Bonchev–Trinajstić information content (AvgIpc) is 2.38. The average molecular weight is 300 g/mol. The largest absolute Gasteiger partial charge is 0.497 e. The molecule has 0 aliphatic carbocycles. The van der Waals surface area contributed by atoms with Crippen molar-refractivity contribution in [3.8, 4) is 5.75 Å². The Morgan fingerprint density at radius 2 is 2.25 bits per heavy atom. The first kappa shape index (κ1) is 17.2. The van der Waals surface area contributed by atoms with Gasteiger partial charge in [0, 0.05) is 37.0 Å². The van der Waals surface area contributed by atoms with Crippen LogP contribution in [-0.4, -0.2) is 36.1 Å². The van der Waals surface area contributed by atoms with Crippen molar-refractivity contribution in [1.82, 2.24) is 9.88 Å². The lowest BCUT2D eigenvalue weighted by molar-refractivity contribution is 0.152. The van der Waals surface area contributed by atoms with Crippen molar-refractivity contribution in [2.75, 3.05) is 20.2 Å². The van der Waals surface area contributed by atoms with Crippen molar-refractivity contribution < 1.29 is 4.74 Å². The molecule has 20 heavy (non-hydrogen) atoms. The minimum atomic E-state index is 0. The highest BCUT2D eigenvalue weighted by Gasteiger charge is 2.22. The van der Waals surface area contributed by atoms with Gasteiger partial charge in [-0.1, -0.05) is 0 Å². The lowest BCUT2D eigenvalue weighted by Gasteiger charge is -2.34. The fraction of sp³-hybridized carbons (Fsp3) is 0.667. The van der Waals surface area contributed by atoms with E-state index >= 15 is 0 Å². The summed E-state index contributed by atoms with van der Waals surface area (Å²) in [5.74, 6) is 1.50. The summed E-state index contributed by atoms with van der Waals surface area (Å²) < 4.78 is 5.31. The summed E-state index contributed by atoms with van der Waals surface area (Å²) in [6, 6.07) is 4.27. The Morgan fingerprint density at radius 1 is 1.50 bits per heavy atom. The molecule has 0 saturated carbocycles. The molecule has 0 aromatic carbocycles. The van der Waals surface area contributed by atoms with Crippen molar-refractivity contribution in [2.24, 2.45) is 11.7 Å². The van der Waals surface area contributed by atoms with E-state index in [1.807, 2.05) is 19.1 Å². The van der Waals surface area contributed by atoms with Crippen LogP contribution in [0.2, 0.25) is 0 Å². The number of hydrogen-bond acceptors (Lipinski definition) is 4. The Balaban J connectivity index is 0.00000200. The second kappa shape index (κ2) is 7.81. The number of aryl methyl sites for hydroxylation is 1. The van der Waals surface area contributed by atoms with E-state index in [2.05, 4.69) is 16.8 Å². The summed E-state index contributed by atoms with van der Waals surface area (Å²) in [4.78, 5) is 7.05. The SMILES string of the molecule is COc1cc(C)nc(CN2CCCC(C(C)N)C2)c1.Cl. The summed E-state index contributed by atoms with van der Waals surface area (Å²) in [5, 5.41) is 0. The third-order valence-corrected chi connectivity index (χ3v) is 3.89. The molecule has 1 aromatic rings. The van der Waals surface area contributed by atoms with E-state index in [-0.39, 0.29) is 18.4 Å². The normalized spacial score (nSPS) is 21.1. The Hall–Kier alpha value is -0.840. The van der Waals surface area contributed by atoms with Gasteiger partial charge < -0.3 is 10.5 Å². The first-order valence-corrected chi connectivity index (χ1v) is 7.08. The minimum absolute atomic E-state index is 0. The highest BCUT2D eigenvalue weighted by Crippen LogP contribution is 2.21. The van der Waals surface area contributed by atoms with Gasteiger partial charge in [-0.25, -0.2) is 0 Å². The van der Waals surface area contributed by atoms with Gasteiger partial charge in [0.1, 0.15) is 5.75 Å². The summed E-state index contributed by atoms with van der Waals surface area (Å²) in [6.45, 7) is 7.23. The monoisotopic (exact) mass is 299 g/mol. The first-order chi connectivity index (χ1) is 9.08. The molecule has 4 nitrogen and oxygen atoms in total. The summed E-state index contributed by atoms with van der Waals surface area (Å²) >= 11 is 0. The Labute approximate surface area is 128 Å². The van der Waals surface area contributed by atoms with Crippen LogP contribution in [0.5, 0.6) is 5.75 Å². The molecule has 1 aliphatic rings. The standard InChI is InChI=1S/C15H25N3O.ClH/c1-11-7-15(19-3)8-14(17-11)10-18-6-4-5-13(9-18)12(2)16;/h7-8,12-13H,4-6,9-10,16H2,1-3H3;1H. The molecule has 2 N–H and O–H groups in total. The van der Waals surface area contributed by atoms with Crippen LogP contribution in [0.25, 0.3) is 0 Å². The number of methoxy groups -OCH3 is 1. The van der Waals surface area contributed by atoms with Crippen LogP contribution >= 0.6 is 12.4 Å². The van der Waals surface area contributed by atoms with Crippen molar-refractivity contribution >= 4 is 12.4 Å². The zero-order valence-electron chi connectivity index (χ0n) is 12.6. The highest BCUT2D eigenvalue weighted by atomic mass is 35.5. The molecule has 0 radical (unpaired) electrons.